The number of nitrogens with one attached hydrogen (secondary N) is 1. The number of nitrogens with two attached hydrogens (primary N) is 1. The van der Waals surface area contributed by atoms with Crippen molar-refractivity contribution in [3.63, 3.8) is 0 Å². The van der Waals surface area contributed by atoms with Gasteiger partial charge in [-0.25, -0.2) is 4.79 Å². The minimum absolute atomic E-state index is 0.00944. The van der Waals surface area contributed by atoms with E-state index >= 15 is 0 Å². The van der Waals surface area contributed by atoms with Crippen LogP contribution in [0.3, 0.4) is 0 Å². The van der Waals surface area contributed by atoms with E-state index in [9.17, 15) is 27.6 Å². The molecule has 0 saturated carbocycles. The van der Waals surface area contributed by atoms with Crippen LogP contribution < -0.4 is 21.9 Å². The predicted molar refractivity (Wildman–Crippen MR) is 112 cm³/mol. The lowest BCUT2D eigenvalue weighted by Gasteiger charge is -2.27. The minimum Gasteiger partial charge on any atom is -0.385 e. The normalized spacial score (nSPS) is 12.5. The van der Waals surface area contributed by atoms with Crippen LogP contribution in [0.25, 0.3) is 0 Å². The third kappa shape index (κ3) is 6.69. The van der Waals surface area contributed by atoms with E-state index in [0.29, 0.717) is 5.56 Å². The fourth-order valence-corrected chi connectivity index (χ4v) is 2.97. The number of halogens is 3. The van der Waals surface area contributed by atoms with Crippen molar-refractivity contribution in [2.24, 2.45) is 0 Å². The summed E-state index contributed by atoms with van der Waals surface area (Å²) >= 11 is 0. The number of hydrogen-bond acceptors (Lipinski definition) is 6. The Kier molecular flexibility index (Phi) is 8.61. The van der Waals surface area contributed by atoms with E-state index < -0.39 is 36.0 Å². The Balaban J connectivity index is 2.45. The van der Waals surface area contributed by atoms with Crippen molar-refractivity contribution in [3.8, 4) is 0 Å². The Morgan fingerprint density at radius 2 is 1.91 bits per heavy atom. The molecule has 0 spiro atoms. The number of anilines is 2. The Morgan fingerprint density at radius 1 is 1.25 bits per heavy atom. The van der Waals surface area contributed by atoms with Crippen LogP contribution in [0.5, 0.6) is 0 Å². The molecule has 3 N–H and O–H groups in total. The summed E-state index contributed by atoms with van der Waals surface area (Å²) in [4.78, 5) is 40.9. The first-order chi connectivity index (χ1) is 15.0. The van der Waals surface area contributed by atoms with Crippen LogP contribution in [0, 0.1) is 0 Å². The van der Waals surface area contributed by atoms with Gasteiger partial charge in [0, 0.05) is 20.3 Å². The van der Waals surface area contributed by atoms with Crippen molar-refractivity contribution in [1.82, 2.24) is 9.55 Å². The zero-order valence-electron chi connectivity index (χ0n) is 17.6. The van der Waals surface area contributed by atoms with E-state index in [1.807, 2.05) is 0 Å². The molecule has 2 rings (SSSR count). The number of amides is 1. The Labute approximate surface area is 181 Å². The van der Waals surface area contributed by atoms with Crippen LogP contribution in [-0.4, -0.2) is 54.6 Å². The van der Waals surface area contributed by atoms with E-state index in [-0.39, 0.29) is 37.6 Å². The van der Waals surface area contributed by atoms with Crippen molar-refractivity contribution in [3.05, 3.63) is 56.7 Å². The quantitative estimate of drug-likeness (QED) is 0.521. The fourth-order valence-electron chi connectivity index (χ4n) is 2.97. The van der Waals surface area contributed by atoms with Gasteiger partial charge in [-0.2, -0.15) is 13.2 Å². The Morgan fingerprint density at radius 3 is 2.50 bits per heavy atom. The van der Waals surface area contributed by atoms with Gasteiger partial charge in [-0.1, -0.05) is 30.3 Å². The molecule has 12 heteroatoms. The van der Waals surface area contributed by atoms with Crippen LogP contribution in [0.15, 0.2) is 39.9 Å². The van der Waals surface area contributed by atoms with E-state index in [2.05, 4.69) is 9.72 Å². The summed E-state index contributed by atoms with van der Waals surface area (Å²) in [6, 6.07) is 8.77. The number of aromatic nitrogens is 2. The lowest BCUT2D eigenvalue weighted by Crippen LogP contribution is -2.46. The van der Waals surface area contributed by atoms with Gasteiger partial charge in [-0.05, 0) is 18.9 Å². The molecule has 0 bridgehead atoms. The number of alkyl halides is 3. The van der Waals surface area contributed by atoms with Gasteiger partial charge in [0.15, 0.2) is 5.69 Å². The van der Waals surface area contributed by atoms with Crippen LogP contribution >= 0.6 is 0 Å². The third-order valence-corrected chi connectivity index (χ3v) is 4.51. The molecule has 1 heterocycles. The van der Waals surface area contributed by atoms with Crippen molar-refractivity contribution in [2.75, 3.05) is 37.5 Å². The smallest absolute Gasteiger partial charge is 0.385 e. The number of H-pyrrole nitrogens is 1. The van der Waals surface area contributed by atoms with E-state index in [0.717, 1.165) is 16.4 Å². The molecule has 1 atom stereocenters. The summed E-state index contributed by atoms with van der Waals surface area (Å²) in [5.41, 5.74) is 4.75. The second-order valence-electron chi connectivity index (χ2n) is 6.97. The summed E-state index contributed by atoms with van der Waals surface area (Å²) in [7, 11) is 1.43. The molecule has 1 aromatic carbocycles. The number of rotatable bonds is 10. The first-order valence-corrected chi connectivity index (χ1v) is 9.70. The van der Waals surface area contributed by atoms with E-state index in [4.69, 9.17) is 10.5 Å². The average molecular weight is 458 g/mol. The molecule has 0 aliphatic heterocycles. The van der Waals surface area contributed by atoms with Crippen LogP contribution in [0.1, 0.15) is 18.9 Å². The van der Waals surface area contributed by atoms with Gasteiger partial charge in [0.1, 0.15) is 18.5 Å². The summed E-state index contributed by atoms with van der Waals surface area (Å²) in [5, 5.41) is 0. The number of nitrogens with zero attached hydrogens (tertiary/aromatic N) is 2. The Hall–Kier alpha value is -3.12. The maximum Gasteiger partial charge on any atom is 0.411 e. The molecule has 0 radical (unpaired) electrons. The SMILES string of the molecule is COCCCN(C(=O)C(C)OCC(F)(F)F)c1c(N)n(Cc2ccccc2)c(=O)[nH]c1=O. The molecular weight excluding hydrogens is 433 g/mol. The second kappa shape index (κ2) is 11.0. The topological polar surface area (TPSA) is 120 Å². The predicted octanol–water partition coefficient (Wildman–Crippen LogP) is 1.50. The number of nitrogen functional groups attached to an aromatic ring is 1. The van der Waals surface area contributed by atoms with Crippen molar-refractivity contribution < 1.29 is 27.4 Å². The number of carbonyl (C=O) groups excluding carboxylic acids is 1. The molecule has 0 aliphatic carbocycles. The standard InChI is InChI=1S/C20H25F3N4O5/c1-13(32-12-20(21,22)23)18(29)26(9-6-10-31-2)15-16(24)27(19(30)25-17(15)28)11-14-7-4-3-5-8-14/h3-5,7-8,13H,6,9-12,24H2,1-2H3,(H,25,28,30). The zero-order chi connectivity index (χ0) is 23.9. The summed E-state index contributed by atoms with van der Waals surface area (Å²) in [6.07, 6.45) is -5.90. The van der Waals surface area contributed by atoms with Gasteiger partial charge in [-0.3, -0.25) is 19.1 Å². The van der Waals surface area contributed by atoms with Gasteiger partial charge < -0.3 is 20.1 Å². The molecule has 2 aromatic rings. The van der Waals surface area contributed by atoms with Crippen LogP contribution in [0.2, 0.25) is 0 Å². The highest BCUT2D eigenvalue weighted by Gasteiger charge is 2.33. The first kappa shape index (κ1) is 25.1. The molecule has 32 heavy (non-hydrogen) atoms. The highest BCUT2D eigenvalue weighted by molar-refractivity contribution is 5.98. The molecule has 176 valence electrons. The maximum absolute atomic E-state index is 12.9. The Bertz CT molecular complexity index is 1020. The van der Waals surface area contributed by atoms with Crippen molar-refractivity contribution >= 4 is 17.4 Å². The summed E-state index contributed by atoms with van der Waals surface area (Å²) in [5.74, 6) is -1.20. The van der Waals surface area contributed by atoms with Gasteiger partial charge in [0.2, 0.25) is 0 Å². The monoisotopic (exact) mass is 458 g/mol. The highest BCUT2D eigenvalue weighted by atomic mass is 19.4. The van der Waals surface area contributed by atoms with Gasteiger partial charge in [0.05, 0.1) is 6.54 Å². The van der Waals surface area contributed by atoms with E-state index in [1.54, 1.807) is 30.3 Å². The lowest BCUT2D eigenvalue weighted by molar-refractivity contribution is -0.185. The largest absolute Gasteiger partial charge is 0.411 e. The van der Waals surface area contributed by atoms with Gasteiger partial charge in [-0.15, -0.1) is 0 Å². The highest BCUT2D eigenvalue weighted by Crippen LogP contribution is 2.21. The molecule has 1 unspecified atom stereocenters. The lowest BCUT2D eigenvalue weighted by atomic mass is 10.2. The van der Waals surface area contributed by atoms with Crippen LogP contribution in [-0.2, 0) is 20.8 Å². The molecule has 1 aromatic heterocycles. The number of hydrogen-bond donors (Lipinski definition) is 2. The third-order valence-electron chi connectivity index (χ3n) is 4.51. The van der Waals surface area contributed by atoms with Gasteiger partial charge in [0.25, 0.3) is 11.5 Å². The fraction of sp³-hybridized carbons (Fsp3) is 0.450. The number of carbonyl (C=O) groups is 1. The number of aromatic amines is 1. The molecule has 9 nitrogen and oxygen atoms in total. The maximum atomic E-state index is 12.9. The molecule has 0 fully saturated rings. The first-order valence-electron chi connectivity index (χ1n) is 9.70. The summed E-state index contributed by atoms with van der Waals surface area (Å²) < 4.78 is 48.2. The number of ether oxygens (including phenoxy) is 2. The van der Waals surface area contributed by atoms with Crippen LogP contribution in [0.4, 0.5) is 24.7 Å². The average Bonchev–Trinajstić information content (AvgIpc) is 2.73. The molecule has 0 aliphatic rings. The summed E-state index contributed by atoms with van der Waals surface area (Å²) in [6.45, 7) is -0.366. The molecule has 1 amide bonds. The molecular formula is C20H25F3N4O5. The minimum atomic E-state index is -4.63. The zero-order valence-corrected chi connectivity index (χ0v) is 17.6. The number of methoxy groups -OCH3 is 1. The second-order valence-corrected chi connectivity index (χ2v) is 6.97. The van der Waals surface area contributed by atoms with E-state index in [1.165, 1.54) is 7.11 Å². The number of benzene rings is 1. The van der Waals surface area contributed by atoms with Gasteiger partial charge >= 0.3 is 11.9 Å². The van der Waals surface area contributed by atoms with Crippen molar-refractivity contribution in [1.29, 1.82) is 0 Å². The molecule has 0 saturated heterocycles. The van der Waals surface area contributed by atoms with Crippen molar-refractivity contribution in [2.45, 2.75) is 32.2 Å².